The zero-order valence-electron chi connectivity index (χ0n) is 18.5. The lowest BCUT2D eigenvalue weighted by Gasteiger charge is -2.37. The van der Waals surface area contributed by atoms with E-state index in [1.165, 1.54) is 38.1 Å². The second-order valence-corrected chi connectivity index (χ2v) is 7.95. The van der Waals surface area contributed by atoms with Gasteiger partial charge < -0.3 is 25.4 Å². The maximum atomic E-state index is 14.6. The molecule has 0 aliphatic carbocycles. The van der Waals surface area contributed by atoms with Gasteiger partial charge in [-0.25, -0.2) is 9.18 Å². The molecule has 12 heteroatoms. The Morgan fingerprint density at radius 3 is 2.44 bits per heavy atom. The zero-order valence-corrected chi connectivity index (χ0v) is 19.3. The van der Waals surface area contributed by atoms with Crippen LogP contribution in [0, 0.1) is 17.1 Å². The van der Waals surface area contributed by atoms with Crippen molar-refractivity contribution < 1.29 is 32.2 Å². The van der Waals surface area contributed by atoms with E-state index in [1.807, 2.05) is 0 Å². The SMILES string of the molecule is CNCCOc1ccc(N(C(=S)Nc2ccc(C#N)c(C(F)(F)F)c2)C(C)(C)C(=O)O)cc1F. The highest BCUT2D eigenvalue weighted by atomic mass is 32.1. The minimum atomic E-state index is -4.79. The molecule has 0 bridgehead atoms. The third-order valence-corrected chi connectivity index (χ3v) is 5.05. The first kappa shape index (κ1) is 26.8. The van der Waals surface area contributed by atoms with E-state index in [2.05, 4.69) is 10.6 Å². The fourth-order valence-corrected chi connectivity index (χ4v) is 3.38. The summed E-state index contributed by atoms with van der Waals surface area (Å²) in [6, 6.07) is 8.04. The van der Waals surface area contributed by atoms with Gasteiger partial charge in [0.25, 0.3) is 0 Å². The lowest BCUT2D eigenvalue weighted by atomic mass is 10.0. The summed E-state index contributed by atoms with van der Waals surface area (Å²) in [5.74, 6) is -2.16. The normalized spacial score (nSPS) is 11.5. The van der Waals surface area contributed by atoms with Crippen LogP contribution in [0.1, 0.15) is 25.0 Å². The van der Waals surface area contributed by atoms with E-state index in [9.17, 15) is 27.5 Å². The van der Waals surface area contributed by atoms with Gasteiger partial charge in [0, 0.05) is 24.0 Å². The number of hydrogen-bond acceptors (Lipinski definition) is 5. The van der Waals surface area contributed by atoms with E-state index in [4.69, 9.17) is 22.2 Å². The van der Waals surface area contributed by atoms with Crippen LogP contribution >= 0.6 is 12.2 Å². The number of alkyl halides is 3. The number of aliphatic carboxylic acids is 1. The summed E-state index contributed by atoms with van der Waals surface area (Å²) in [5, 5.41) is 23.8. The average Bonchev–Trinajstić information content (AvgIpc) is 2.74. The first-order valence-electron chi connectivity index (χ1n) is 9.85. The van der Waals surface area contributed by atoms with Crippen molar-refractivity contribution in [3.8, 4) is 11.8 Å². The minimum absolute atomic E-state index is 0.0352. The van der Waals surface area contributed by atoms with Gasteiger partial charge in [0.05, 0.1) is 17.2 Å². The highest BCUT2D eigenvalue weighted by Gasteiger charge is 2.38. The molecule has 0 aliphatic heterocycles. The van der Waals surface area contributed by atoms with Crippen molar-refractivity contribution in [3.63, 3.8) is 0 Å². The third-order valence-electron chi connectivity index (χ3n) is 4.77. The minimum Gasteiger partial charge on any atom is -0.489 e. The Labute approximate surface area is 198 Å². The van der Waals surface area contributed by atoms with Gasteiger partial charge >= 0.3 is 12.1 Å². The standard InChI is InChI=1S/C22H22F4N4O3S/c1-21(2,19(31)32)30(15-6-7-18(17(23)11-15)33-9-8-28-3)20(34)29-14-5-4-13(12-27)16(10-14)22(24,25)26/h4-7,10-11,28H,8-9H2,1-3H3,(H,29,34)(H,31,32). The van der Waals surface area contributed by atoms with E-state index in [0.29, 0.717) is 12.6 Å². The van der Waals surface area contributed by atoms with Crippen LogP contribution in [-0.2, 0) is 11.0 Å². The van der Waals surface area contributed by atoms with Crippen LogP contribution in [0.4, 0.5) is 28.9 Å². The van der Waals surface area contributed by atoms with Gasteiger partial charge in [-0.3, -0.25) is 0 Å². The number of benzene rings is 2. The van der Waals surface area contributed by atoms with Crippen molar-refractivity contribution in [2.45, 2.75) is 25.6 Å². The molecule has 0 spiro atoms. The number of carbonyl (C=O) groups is 1. The number of rotatable bonds is 8. The molecule has 0 aliphatic rings. The molecule has 0 fully saturated rings. The lowest BCUT2D eigenvalue weighted by Crippen LogP contribution is -2.55. The summed E-state index contributed by atoms with van der Waals surface area (Å²) in [6.45, 7) is 3.27. The summed E-state index contributed by atoms with van der Waals surface area (Å²) in [4.78, 5) is 13.0. The molecule has 0 atom stereocenters. The van der Waals surface area contributed by atoms with Crippen LogP contribution in [0.3, 0.4) is 0 Å². The Kier molecular flexibility index (Phi) is 8.41. The molecule has 2 rings (SSSR count). The van der Waals surface area contributed by atoms with Crippen LogP contribution in [0.15, 0.2) is 36.4 Å². The number of likely N-dealkylation sites (N-methyl/N-ethyl adjacent to an activating group) is 1. The number of nitrogens with zero attached hydrogens (tertiary/aromatic N) is 2. The molecule has 0 saturated carbocycles. The summed E-state index contributed by atoms with van der Waals surface area (Å²) >= 11 is 5.31. The number of ether oxygens (including phenoxy) is 1. The van der Waals surface area contributed by atoms with E-state index < -0.39 is 34.6 Å². The van der Waals surface area contributed by atoms with Gasteiger partial charge in [0.1, 0.15) is 12.1 Å². The molecule has 0 amide bonds. The number of carboxylic acids is 1. The van der Waals surface area contributed by atoms with Crippen molar-refractivity contribution in [2.75, 3.05) is 30.4 Å². The predicted molar refractivity (Wildman–Crippen MR) is 122 cm³/mol. The Bertz CT molecular complexity index is 1120. The highest BCUT2D eigenvalue weighted by molar-refractivity contribution is 7.80. The van der Waals surface area contributed by atoms with Gasteiger partial charge in [-0.1, -0.05) is 0 Å². The van der Waals surface area contributed by atoms with Gasteiger partial charge in [0.2, 0.25) is 0 Å². The smallest absolute Gasteiger partial charge is 0.417 e. The summed E-state index contributed by atoms with van der Waals surface area (Å²) in [6.07, 6.45) is -4.79. The average molecular weight is 499 g/mol. The van der Waals surface area contributed by atoms with Crippen LogP contribution in [0.25, 0.3) is 0 Å². The fourth-order valence-electron chi connectivity index (χ4n) is 2.93. The van der Waals surface area contributed by atoms with Gasteiger partial charge in [-0.05, 0) is 63.4 Å². The third kappa shape index (κ3) is 6.12. The molecule has 7 nitrogen and oxygen atoms in total. The van der Waals surface area contributed by atoms with E-state index >= 15 is 0 Å². The number of nitrogens with one attached hydrogen (secondary N) is 2. The lowest BCUT2D eigenvalue weighted by molar-refractivity contribution is -0.141. The monoisotopic (exact) mass is 498 g/mol. The predicted octanol–water partition coefficient (Wildman–Crippen LogP) is 4.38. The number of halogens is 4. The van der Waals surface area contributed by atoms with Crippen molar-refractivity contribution in [1.29, 1.82) is 5.26 Å². The zero-order chi connectivity index (χ0) is 25.7. The Hall–Kier alpha value is -3.43. The van der Waals surface area contributed by atoms with Crippen molar-refractivity contribution in [1.82, 2.24) is 5.32 Å². The molecule has 0 saturated heterocycles. The number of carboxylic acid groups (broad SMARTS) is 1. The summed E-state index contributed by atoms with van der Waals surface area (Å²) in [7, 11) is 1.70. The van der Waals surface area contributed by atoms with Gasteiger partial charge in [0.15, 0.2) is 16.7 Å². The number of hydrogen-bond donors (Lipinski definition) is 3. The van der Waals surface area contributed by atoms with Gasteiger partial charge in [-0.2, -0.15) is 18.4 Å². The Balaban J connectivity index is 2.45. The van der Waals surface area contributed by atoms with Crippen molar-refractivity contribution in [2.24, 2.45) is 0 Å². The van der Waals surface area contributed by atoms with Crippen LogP contribution in [0.2, 0.25) is 0 Å². The topological polar surface area (TPSA) is 97.6 Å². The summed E-state index contributed by atoms with van der Waals surface area (Å²) in [5.41, 5.74) is -3.57. The van der Waals surface area contributed by atoms with E-state index in [1.54, 1.807) is 7.05 Å². The maximum Gasteiger partial charge on any atom is 0.417 e. The molecular formula is C22H22F4N4O3S. The molecule has 2 aromatic rings. The number of nitriles is 1. The second kappa shape index (κ2) is 10.7. The molecule has 0 radical (unpaired) electrons. The molecule has 182 valence electrons. The van der Waals surface area contributed by atoms with Crippen LogP contribution < -0.4 is 20.3 Å². The Morgan fingerprint density at radius 2 is 1.91 bits per heavy atom. The molecule has 3 N–H and O–H groups in total. The van der Waals surface area contributed by atoms with Gasteiger partial charge in [-0.15, -0.1) is 0 Å². The number of thiocarbonyl (C=S) groups is 1. The summed E-state index contributed by atoms with van der Waals surface area (Å²) < 4.78 is 59.9. The molecule has 0 aromatic heterocycles. The van der Waals surface area contributed by atoms with Crippen LogP contribution in [0.5, 0.6) is 5.75 Å². The molecule has 34 heavy (non-hydrogen) atoms. The molecule has 2 aromatic carbocycles. The second-order valence-electron chi connectivity index (χ2n) is 7.57. The number of anilines is 2. The van der Waals surface area contributed by atoms with Crippen LogP contribution in [-0.4, -0.2) is 41.9 Å². The molecular weight excluding hydrogens is 476 g/mol. The largest absolute Gasteiger partial charge is 0.489 e. The Morgan fingerprint density at radius 1 is 1.24 bits per heavy atom. The first-order chi connectivity index (χ1) is 15.8. The highest BCUT2D eigenvalue weighted by Crippen LogP contribution is 2.34. The van der Waals surface area contributed by atoms with Crippen molar-refractivity contribution >= 4 is 34.7 Å². The molecule has 0 heterocycles. The molecule has 0 unspecified atom stereocenters. The van der Waals surface area contributed by atoms with Crippen molar-refractivity contribution in [3.05, 3.63) is 53.3 Å². The van der Waals surface area contributed by atoms with E-state index in [-0.39, 0.29) is 28.8 Å². The first-order valence-corrected chi connectivity index (χ1v) is 10.3. The maximum absolute atomic E-state index is 14.6. The van der Waals surface area contributed by atoms with E-state index in [0.717, 1.165) is 17.0 Å². The quantitative estimate of drug-likeness (QED) is 0.280. The fraction of sp³-hybridized carbons (Fsp3) is 0.318.